The molecule has 2 heterocycles. The first-order valence-electron chi connectivity index (χ1n) is 7.91. The Morgan fingerprint density at radius 2 is 2.08 bits per heavy atom. The van der Waals surface area contributed by atoms with E-state index in [0.29, 0.717) is 28.3 Å². The average molecular weight is 368 g/mol. The molecule has 0 fully saturated rings. The van der Waals surface area contributed by atoms with Gasteiger partial charge in [0, 0.05) is 17.4 Å². The van der Waals surface area contributed by atoms with Gasteiger partial charge in [0.2, 0.25) is 0 Å². The summed E-state index contributed by atoms with van der Waals surface area (Å²) in [6.07, 6.45) is 2.04. The van der Waals surface area contributed by atoms with Crippen LogP contribution in [0.5, 0.6) is 0 Å². The molecule has 3 N–H and O–H groups in total. The molecule has 4 rings (SSSR count). The average Bonchev–Trinajstić information content (AvgIpc) is 3.33. The van der Waals surface area contributed by atoms with Gasteiger partial charge in [0.1, 0.15) is 0 Å². The second-order valence-corrected chi connectivity index (χ2v) is 6.17. The van der Waals surface area contributed by atoms with Crippen molar-refractivity contribution in [3.05, 3.63) is 70.6 Å². The van der Waals surface area contributed by atoms with Crippen LogP contribution in [0.4, 0.5) is 0 Å². The fourth-order valence-electron chi connectivity index (χ4n) is 2.78. The molecule has 0 saturated heterocycles. The molecule has 8 nitrogen and oxygen atoms in total. The number of nitrogens with zero attached hydrogens (tertiary/aromatic N) is 4. The number of H-pyrrole nitrogens is 2. The van der Waals surface area contributed by atoms with Gasteiger partial charge >= 0.3 is 0 Å². The summed E-state index contributed by atoms with van der Waals surface area (Å²) in [5.74, 6) is 0.273. The lowest BCUT2D eigenvalue weighted by Crippen LogP contribution is -2.30. The van der Waals surface area contributed by atoms with Crippen LogP contribution >= 0.6 is 11.6 Å². The van der Waals surface area contributed by atoms with E-state index in [9.17, 15) is 4.79 Å². The quantitative estimate of drug-likeness (QED) is 0.501. The summed E-state index contributed by atoms with van der Waals surface area (Å²) < 4.78 is 0. The number of fused-ring (bicyclic) bond motifs is 1. The van der Waals surface area contributed by atoms with E-state index in [1.807, 2.05) is 30.3 Å². The summed E-state index contributed by atoms with van der Waals surface area (Å²) >= 11 is 6.23. The maximum atomic E-state index is 12.8. The number of hydrogen-bond donors (Lipinski definition) is 3. The number of tetrazole rings is 1. The van der Waals surface area contributed by atoms with Crippen molar-refractivity contribution in [1.29, 1.82) is 0 Å². The zero-order valence-electron chi connectivity index (χ0n) is 13.5. The largest absolute Gasteiger partial charge is 0.345 e. The highest BCUT2D eigenvalue weighted by Gasteiger charge is 2.19. The summed E-state index contributed by atoms with van der Waals surface area (Å²) in [7, 11) is 0. The van der Waals surface area contributed by atoms with Crippen molar-refractivity contribution in [3.8, 4) is 0 Å². The SMILES string of the molecule is O=C(NC(Cc1nn[nH]n1)c1ccccc1)c1cc(Cl)c2[nH]ncc2c1. The second-order valence-electron chi connectivity index (χ2n) is 5.76. The van der Waals surface area contributed by atoms with Crippen molar-refractivity contribution in [2.24, 2.45) is 0 Å². The number of amides is 1. The fourth-order valence-corrected chi connectivity index (χ4v) is 3.04. The zero-order valence-corrected chi connectivity index (χ0v) is 14.2. The molecule has 0 bridgehead atoms. The fraction of sp³-hybridized carbons (Fsp3) is 0.118. The summed E-state index contributed by atoms with van der Waals surface area (Å²) in [4.78, 5) is 12.8. The minimum absolute atomic E-state index is 0.243. The van der Waals surface area contributed by atoms with Gasteiger partial charge in [0.05, 0.1) is 22.8 Å². The normalized spacial score (nSPS) is 12.2. The van der Waals surface area contributed by atoms with Crippen LogP contribution in [0.15, 0.2) is 48.7 Å². The van der Waals surface area contributed by atoms with Crippen molar-refractivity contribution in [3.63, 3.8) is 0 Å². The number of nitrogens with one attached hydrogen (secondary N) is 3. The molecule has 9 heteroatoms. The molecule has 1 amide bonds. The summed E-state index contributed by atoms with van der Waals surface area (Å²) in [6, 6.07) is 12.7. The van der Waals surface area contributed by atoms with Gasteiger partial charge in [-0.15, -0.1) is 10.2 Å². The van der Waals surface area contributed by atoms with Crippen molar-refractivity contribution >= 4 is 28.4 Å². The first-order chi connectivity index (χ1) is 12.7. The number of halogens is 1. The Hall–Kier alpha value is -3.26. The van der Waals surface area contributed by atoms with E-state index in [2.05, 4.69) is 36.1 Å². The molecule has 130 valence electrons. The van der Waals surface area contributed by atoms with Gasteiger partial charge in [-0.3, -0.25) is 9.89 Å². The van der Waals surface area contributed by atoms with Crippen LogP contribution in [-0.4, -0.2) is 36.7 Å². The van der Waals surface area contributed by atoms with E-state index in [-0.39, 0.29) is 11.9 Å². The Bertz CT molecular complexity index is 1030. The predicted octanol–water partition coefficient (Wildman–Crippen LogP) is 2.44. The highest BCUT2D eigenvalue weighted by molar-refractivity contribution is 6.35. The number of hydrogen-bond acceptors (Lipinski definition) is 5. The standard InChI is InChI=1S/C17H14ClN7O/c18-13-7-11(6-12-9-19-23-16(12)13)17(26)20-14(8-15-21-24-25-22-15)10-4-2-1-3-5-10/h1-7,9,14H,8H2,(H,19,23)(H,20,26)(H,21,22,24,25). The molecule has 26 heavy (non-hydrogen) atoms. The predicted molar refractivity (Wildman–Crippen MR) is 95.6 cm³/mol. The number of carbonyl (C=O) groups excluding carboxylic acids is 1. The van der Waals surface area contributed by atoms with Crippen LogP contribution < -0.4 is 5.32 Å². The first kappa shape index (κ1) is 16.2. The smallest absolute Gasteiger partial charge is 0.251 e. The van der Waals surface area contributed by atoms with Crippen molar-refractivity contribution in [2.75, 3.05) is 0 Å². The molecule has 0 saturated carbocycles. The summed E-state index contributed by atoms with van der Waals surface area (Å²) in [5, 5.41) is 25.0. The van der Waals surface area contributed by atoms with Crippen molar-refractivity contribution in [2.45, 2.75) is 12.5 Å². The van der Waals surface area contributed by atoms with Gasteiger partial charge in [-0.2, -0.15) is 10.3 Å². The highest BCUT2D eigenvalue weighted by atomic mass is 35.5. The molecular weight excluding hydrogens is 354 g/mol. The second kappa shape index (κ2) is 6.93. The molecule has 0 aliphatic carbocycles. The number of benzene rings is 2. The Labute approximate surface area is 153 Å². The van der Waals surface area contributed by atoms with Gasteiger partial charge in [-0.1, -0.05) is 47.1 Å². The van der Waals surface area contributed by atoms with Gasteiger partial charge in [-0.25, -0.2) is 0 Å². The molecule has 0 aliphatic rings. The van der Waals surface area contributed by atoms with E-state index in [1.54, 1.807) is 18.3 Å². The third-order valence-electron chi connectivity index (χ3n) is 4.05. The van der Waals surface area contributed by atoms with Gasteiger partial charge < -0.3 is 5.32 Å². The van der Waals surface area contributed by atoms with Crippen LogP contribution in [0.1, 0.15) is 27.8 Å². The third kappa shape index (κ3) is 3.27. The number of aromatic amines is 2. The topological polar surface area (TPSA) is 112 Å². The van der Waals surface area contributed by atoms with Crippen LogP contribution in [0.3, 0.4) is 0 Å². The van der Waals surface area contributed by atoms with E-state index < -0.39 is 0 Å². The molecule has 4 aromatic rings. The van der Waals surface area contributed by atoms with Crippen LogP contribution in [0.25, 0.3) is 10.9 Å². The van der Waals surface area contributed by atoms with Crippen LogP contribution in [-0.2, 0) is 6.42 Å². The molecule has 0 spiro atoms. The maximum absolute atomic E-state index is 12.8. The molecule has 1 unspecified atom stereocenters. The monoisotopic (exact) mass is 367 g/mol. The number of aromatic nitrogens is 6. The molecule has 2 aromatic carbocycles. The Kier molecular flexibility index (Phi) is 4.32. The molecule has 0 aliphatic heterocycles. The zero-order chi connectivity index (χ0) is 17.9. The highest BCUT2D eigenvalue weighted by Crippen LogP contribution is 2.24. The van der Waals surface area contributed by atoms with E-state index in [4.69, 9.17) is 11.6 Å². The van der Waals surface area contributed by atoms with E-state index >= 15 is 0 Å². The number of carbonyl (C=O) groups is 1. The lowest BCUT2D eigenvalue weighted by molar-refractivity contribution is 0.0936. The molecule has 1 atom stereocenters. The Morgan fingerprint density at radius 3 is 2.85 bits per heavy atom. The van der Waals surface area contributed by atoms with Gasteiger partial charge in [-0.05, 0) is 17.7 Å². The van der Waals surface area contributed by atoms with E-state index in [0.717, 1.165) is 10.9 Å². The van der Waals surface area contributed by atoms with E-state index in [1.165, 1.54) is 0 Å². The van der Waals surface area contributed by atoms with Crippen LogP contribution in [0, 0.1) is 0 Å². The van der Waals surface area contributed by atoms with Crippen LogP contribution in [0.2, 0.25) is 5.02 Å². The number of rotatable bonds is 5. The molecule has 2 aromatic heterocycles. The summed E-state index contributed by atoms with van der Waals surface area (Å²) in [5.41, 5.74) is 2.11. The molecule has 0 radical (unpaired) electrons. The maximum Gasteiger partial charge on any atom is 0.251 e. The summed E-state index contributed by atoms with van der Waals surface area (Å²) in [6.45, 7) is 0. The Morgan fingerprint density at radius 1 is 1.23 bits per heavy atom. The van der Waals surface area contributed by atoms with Crippen molar-refractivity contribution < 1.29 is 4.79 Å². The first-order valence-corrected chi connectivity index (χ1v) is 8.29. The lowest BCUT2D eigenvalue weighted by Gasteiger charge is -2.18. The third-order valence-corrected chi connectivity index (χ3v) is 4.34. The lowest BCUT2D eigenvalue weighted by atomic mass is 10.0. The molecular formula is C17H14ClN7O. The van der Waals surface area contributed by atoms with Gasteiger partial charge in [0.15, 0.2) is 5.82 Å². The van der Waals surface area contributed by atoms with Crippen molar-refractivity contribution in [1.82, 2.24) is 36.1 Å². The minimum atomic E-state index is -0.305. The van der Waals surface area contributed by atoms with Gasteiger partial charge in [0.25, 0.3) is 5.91 Å². The Balaban J connectivity index is 1.62. The minimum Gasteiger partial charge on any atom is -0.345 e.